The van der Waals surface area contributed by atoms with E-state index < -0.39 is 0 Å². The van der Waals surface area contributed by atoms with Gasteiger partial charge in [0.1, 0.15) is 6.10 Å². The summed E-state index contributed by atoms with van der Waals surface area (Å²) in [6.45, 7) is 7.52. The fraction of sp³-hybridized carbons (Fsp3) is 0.696. The molecule has 1 N–H and O–H groups in total. The van der Waals surface area contributed by atoms with Gasteiger partial charge in [-0.3, -0.25) is 9.69 Å². The Bertz CT molecular complexity index is 712. The summed E-state index contributed by atoms with van der Waals surface area (Å²) in [7, 11) is 1.58. The summed E-state index contributed by atoms with van der Waals surface area (Å²) in [5.74, 6) is 2.55. The lowest BCUT2D eigenvalue weighted by atomic mass is 9.84. The van der Waals surface area contributed by atoms with Gasteiger partial charge in [0, 0.05) is 39.3 Å². The second-order valence-electron chi connectivity index (χ2n) is 8.73. The molecule has 7 heteroatoms. The predicted molar refractivity (Wildman–Crippen MR) is 116 cm³/mol. The fourth-order valence-corrected chi connectivity index (χ4v) is 4.76. The molecule has 1 amide bonds. The van der Waals surface area contributed by atoms with Crippen LogP contribution in [0.3, 0.4) is 0 Å². The number of carbonyl (C=O) groups is 1. The Kier molecular flexibility index (Phi) is 7.00. The Balaban J connectivity index is 1.16. The summed E-state index contributed by atoms with van der Waals surface area (Å²) >= 11 is 0. The van der Waals surface area contributed by atoms with Crippen LogP contribution in [0, 0.1) is 5.92 Å². The first-order valence-electron chi connectivity index (χ1n) is 11.3. The SMILES string of the molecule is CO[C@H](C)C(=O)N[C@H]1CC[C@H](CCN2CCN(c3cccc4c3OCO4)CC2)CC1. The minimum atomic E-state index is -0.363. The molecule has 1 aromatic rings. The summed E-state index contributed by atoms with van der Waals surface area (Å²) in [6.07, 6.45) is 5.48. The van der Waals surface area contributed by atoms with Crippen LogP contribution in [-0.4, -0.2) is 69.6 Å². The number of hydrogen-bond donors (Lipinski definition) is 1. The Morgan fingerprint density at radius 1 is 1.17 bits per heavy atom. The van der Waals surface area contributed by atoms with Crippen LogP contribution in [0.4, 0.5) is 5.69 Å². The molecule has 1 saturated heterocycles. The third kappa shape index (κ3) is 5.01. The standard InChI is InChI=1S/C23H35N3O4/c1-17(28-2)23(27)24-19-8-6-18(7-9-19)10-11-25-12-14-26(15-13-25)20-4-3-5-21-22(20)30-16-29-21/h3-5,17-19H,6-16H2,1-2H3,(H,24,27)/t17-,18-,19-/m1/s1. The van der Waals surface area contributed by atoms with Gasteiger partial charge < -0.3 is 24.4 Å². The zero-order valence-corrected chi connectivity index (χ0v) is 18.3. The predicted octanol–water partition coefficient (Wildman–Crippen LogP) is 2.64. The third-order valence-electron chi connectivity index (χ3n) is 6.86. The first-order chi connectivity index (χ1) is 14.6. The molecule has 30 heavy (non-hydrogen) atoms. The van der Waals surface area contributed by atoms with Gasteiger partial charge in [-0.1, -0.05) is 6.07 Å². The largest absolute Gasteiger partial charge is 0.454 e. The van der Waals surface area contributed by atoms with Gasteiger partial charge in [0.25, 0.3) is 0 Å². The van der Waals surface area contributed by atoms with Crippen molar-refractivity contribution < 1.29 is 19.0 Å². The number of carbonyl (C=O) groups excluding carboxylic acids is 1. The second kappa shape index (κ2) is 9.88. The van der Waals surface area contributed by atoms with Crippen LogP contribution in [0.5, 0.6) is 11.5 Å². The molecule has 4 rings (SSSR count). The Hall–Kier alpha value is -1.99. The van der Waals surface area contributed by atoms with Crippen molar-refractivity contribution in [1.82, 2.24) is 10.2 Å². The van der Waals surface area contributed by atoms with Crippen LogP contribution in [0.1, 0.15) is 39.0 Å². The lowest BCUT2D eigenvalue weighted by Crippen LogP contribution is -2.47. The Labute approximate surface area is 179 Å². The molecule has 0 bridgehead atoms. The van der Waals surface area contributed by atoms with Crippen molar-refractivity contribution in [3.8, 4) is 11.5 Å². The van der Waals surface area contributed by atoms with Gasteiger partial charge in [-0.05, 0) is 63.6 Å². The van der Waals surface area contributed by atoms with Crippen LogP contribution in [0.25, 0.3) is 0 Å². The van der Waals surface area contributed by atoms with Crippen LogP contribution >= 0.6 is 0 Å². The van der Waals surface area contributed by atoms with Gasteiger partial charge >= 0.3 is 0 Å². The highest BCUT2D eigenvalue weighted by atomic mass is 16.7. The highest BCUT2D eigenvalue weighted by Crippen LogP contribution is 2.41. The summed E-state index contributed by atoms with van der Waals surface area (Å²) in [5.41, 5.74) is 1.16. The number of rotatable bonds is 7. The van der Waals surface area contributed by atoms with E-state index in [9.17, 15) is 4.79 Å². The van der Waals surface area contributed by atoms with E-state index in [1.54, 1.807) is 14.0 Å². The first kappa shape index (κ1) is 21.2. The number of benzene rings is 1. The van der Waals surface area contributed by atoms with E-state index in [-0.39, 0.29) is 12.0 Å². The maximum absolute atomic E-state index is 12.0. The lowest BCUT2D eigenvalue weighted by molar-refractivity contribution is -0.131. The second-order valence-corrected chi connectivity index (χ2v) is 8.73. The number of hydrogen-bond acceptors (Lipinski definition) is 6. The molecule has 0 unspecified atom stereocenters. The van der Waals surface area contributed by atoms with E-state index in [1.165, 1.54) is 25.8 Å². The number of nitrogens with one attached hydrogen (secondary N) is 1. The van der Waals surface area contributed by atoms with Gasteiger partial charge in [0.15, 0.2) is 11.5 Å². The molecule has 166 valence electrons. The quantitative estimate of drug-likeness (QED) is 0.736. The zero-order chi connectivity index (χ0) is 20.9. The maximum Gasteiger partial charge on any atom is 0.249 e. The first-order valence-corrected chi connectivity index (χ1v) is 11.3. The van der Waals surface area contributed by atoms with E-state index >= 15 is 0 Å². The fourth-order valence-electron chi connectivity index (χ4n) is 4.76. The highest BCUT2D eigenvalue weighted by molar-refractivity contribution is 5.80. The van der Waals surface area contributed by atoms with Crippen molar-refractivity contribution in [2.24, 2.45) is 5.92 Å². The topological polar surface area (TPSA) is 63.3 Å². The van der Waals surface area contributed by atoms with Crippen molar-refractivity contribution in [3.63, 3.8) is 0 Å². The molecule has 7 nitrogen and oxygen atoms in total. The molecule has 1 saturated carbocycles. The molecule has 0 spiro atoms. The van der Waals surface area contributed by atoms with Crippen molar-refractivity contribution in [2.75, 3.05) is 51.5 Å². The molecule has 2 fully saturated rings. The third-order valence-corrected chi connectivity index (χ3v) is 6.86. The summed E-state index contributed by atoms with van der Waals surface area (Å²) in [4.78, 5) is 17.0. The number of methoxy groups -OCH3 is 1. The van der Waals surface area contributed by atoms with Crippen molar-refractivity contribution in [1.29, 1.82) is 0 Å². The number of para-hydroxylation sites is 1. The monoisotopic (exact) mass is 417 g/mol. The highest BCUT2D eigenvalue weighted by Gasteiger charge is 2.27. The summed E-state index contributed by atoms with van der Waals surface area (Å²) in [6, 6.07) is 6.46. The van der Waals surface area contributed by atoms with Gasteiger partial charge in [-0.2, -0.15) is 0 Å². The van der Waals surface area contributed by atoms with Crippen molar-refractivity contribution in [3.05, 3.63) is 18.2 Å². The van der Waals surface area contributed by atoms with Crippen LogP contribution < -0.4 is 19.7 Å². The minimum absolute atomic E-state index is 0.0137. The van der Waals surface area contributed by atoms with Crippen LogP contribution in [-0.2, 0) is 9.53 Å². The molecule has 1 aliphatic carbocycles. The van der Waals surface area contributed by atoms with Crippen molar-refractivity contribution in [2.45, 2.75) is 51.2 Å². The lowest BCUT2D eigenvalue weighted by Gasteiger charge is -2.37. The number of piperazine rings is 1. The van der Waals surface area contributed by atoms with Crippen molar-refractivity contribution >= 4 is 11.6 Å². The summed E-state index contributed by atoms with van der Waals surface area (Å²) < 4.78 is 16.3. The summed E-state index contributed by atoms with van der Waals surface area (Å²) in [5, 5.41) is 3.13. The zero-order valence-electron chi connectivity index (χ0n) is 18.3. The van der Waals surface area contributed by atoms with Gasteiger partial charge in [-0.15, -0.1) is 0 Å². The Morgan fingerprint density at radius 3 is 2.67 bits per heavy atom. The van der Waals surface area contributed by atoms with Gasteiger partial charge in [0.05, 0.1) is 5.69 Å². The molecule has 0 radical (unpaired) electrons. The van der Waals surface area contributed by atoms with Gasteiger partial charge in [0.2, 0.25) is 12.7 Å². The number of fused-ring (bicyclic) bond motifs is 1. The molecule has 1 atom stereocenters. The minimum Gasteiger partial charge on any atom is -0.454 e. The van der Waals surface area contributed by atoms with E-state index in [2.05, 4.69) is 21.2 Å². The average Bonchev–Trinajstić information content (AvgIpc) is 3.27. The smallest absolute Gasteiger partial charge is 0.249 e. The normalized spacial score (nSPS) is 25.2. The number of anilines is 1. The molecule has 1 aromatic carbocycles. The number of nitrogens with zero attached hydrogens (tertiary/aromatic N) is 2. The Morgan fingerprint density at radius 2 is 1.93 bits per heavy atom. The molecule has 3 aliphatic rings. The van der Waals surface area contributed by atoms with Crippen LogP contribution in [0.15, 0.2) is 18.2 Å². The maximum atomic E-state index is 12.0. The average molecular weight is 418 g/mol. The van der Waals surface area contributed by atoms with E-state index in [0.29, 0.717) is 12.8 Å². The van der Waals surface area contributed by atoms with E-state index in [1.807, 2.05) is 12.1 Å². The van der Waals surface area contributed by atoms with Crippen LogP contribution in [0.2, 0.25) is 0 Å². The van der Waals surface area contributed by atoms with E-state index in [0.717, 1.165) is 62.1 Å². The molecular formula is C23H35N3O4. The molecule has 2 aliphatic heterocycles. The molecular weight excluding hydrogens is 382 g/mol. The van der Waals surface area contributed by atoms with Gasteiger partial charge in [-0.25, -0.2) is 0 Å². The van der Waals surface area contributed by atoms with E-state index in [4.69, 9.17) is 14.2 Å². The number of ether oxygens (including phenoxy) is 3. The molecule has 2 heterocycles. The number of amides is 1. The molecule has 0 aromatic heterocycles.